The third-order valence-corrected chi connectivity index (χ3v) is 3.62. The number of hydrogen-bond acceptors (Lipinski definition) is 5. The van der Waals surface area contributed by atoms with E-state index in [1.54, 1.807) is 7.11 Å². The van der Waals surface area contributed by atoms with Gasteiger partial charge in [0, 0.05) is 19.6 Å². The number of methoxy groups -OCH3 is 1. The van der Waals surface area contributed by atoms with Crippen molar-refractivity contribution in [2.45, 2.75) is 24.0 Å². The van der Waals surface area contributed by atoms with Crippen LogP contribution in [0.25, 0.3) is 0 Å². The Labute approximate surface area is 125 Å². The summed E-state index contributed by atoms with van der Waals surface area (Å²) in [5.41, 5.74) is -0.413. The van der Waals surface area contributed by atoms with Crippen molar-refractivity contribution in [3.8, 4) is 5.75 Å². The summed E-state index contributed by atoms with van der Waals surface area (Å²) >= 11 is 6.02. The number of rotatable bonds is 7. The lowest BCUT2D eigenvalue weighted by atomic mass is 9.91. The molecule has 0 N–H and O–H groups in total. The van der Waals surface area contributed by atoms with Crippen LogP contribution in [0.15, 0.2) is 18.2 Å². The van der Waals surface area contributed by atoms with Gasteiger partial charge in [-0.15, -0.1) is 11.6 Å². The minimum Gasteiger partial charge on any atom is -0.479 e. The highest BCUT2D eigenvalue weighted by Gasteiger charge is 2.44. The monoisotopic (exact) mass is 319 g/mol. The summed E-state index contributed by atoms with van der Waals surface area (Å²) in [6, 6.07) is 3.56. The smallest absolute Gasteiger partial charge is 0.314 e. The topological polar surface area (TPSA) is 70.8 Å². The predicted octanol–water partition coefficient (Wildman–Crippen LogP) is 2.52. The molecule has 0 spiro atoms. The Balaban J connectivity index is 2.06. The third-order valence-electron chi connectivity index (χ3n) is 3.19. The minimum atomic E-state index is -0.780. The summed E-state index contributed by atoms with van der Waals surface area (Å²) in [6.07, 6.45) is -0.522. The van der Waals surface area contributed by atoms with Gasteiger partial charge in [0.1, 0.15) is 12.2 Å². The van der Waals surface area contributed by atoms with Crippen LogP contribution in [0.5, 0.6) is 5.75 Å². The number of nitro benzene ring substituents is 1. The van der Waals surface area contributed by atoms with Gasteiger partial charge in [-0.3, -0.25) is 10.1 Å². The first kappa shape index (κ1) is 15.9. The molecular weight excluding hydrogens is 305 g/mol. The summed E-state index contributed by atoms with van der Waals surface area (Å²) in [5, 5.41) is 10.6. The average molecular weight is 320 g/mol. The summed E-state index contributed by atoms with van der Waals surface area (Å²) in [6.45, 7) is 0.719. The second-order valence-corrected chi connectivity index (χ2v) is 5.14. The fraction of sp³-hybridized carbons (Fsp3) is 0.538. The van der Waals surface area contributed by atoms with Gasteiger partial charge >= 0.3 is 5.69 Å². The lowest BCUT2D eigenvalue weighted by molar-refractivity contribution is -0.386. The van der Waals surface area contributed by atoms with Gasteiger partial charge in [-0.25, -0.2) is 4.39 Å². The van der Waals surface area contributed by atoms with Crippen LogP contribution >= 0.6 is 11.6 Å². The maximum absolute atomic E-state index is 13.7. The van der Waals surface area contributed by atoms with Crippen molar-refractivity contribution >= 4 is 17.3 Å². The number of hydrogen-bond donors (Lipinski definition) is 0. The molecule has 0 radical (unpaired) electrons. The molecule has 21 heavy (non-hydrogen) atoms. The zero-order valence-corrected chi connectivity index (χ0v) is 12.1. The number of para-hydroxylation sites is 1. The third kappa shape index (κ3) is 3.61. The molecule has 3 atom stereocenters. The number of ether oxygens (including phenoxy) is 3. The fourth-order valence-corrected chi connectivity index (χ4v) is 2.44. The minimum absolute atomic E-state index is 0.266. The summed E-state index contributed by atoms with van der Waals surface area (Å²) < 4.78 is 29.5. The molecule has 2 rings (SSSR count). The van der Waals surface area contributed by atoms with Crippen LogP contribution in [0, 0.1) is 15.9 Å². The number of halogens is 2. The Kier molecular flexibility index (Phi) is 5.33. The van der Waals surface area contributed by atoms with E-state index in [-0.39, 0.29) is 11.1 Å². The van der Waals surface area contributed by atoms with Crippen molar-refractivity contribution in [3.63, 3.8) is 0 Å². The van der Waals surface area contributed by atoms with Gasteiger partial charge in [0.05, 0.1) is 23.5 Å². The Hall–Kier alpha value is -1.44. The molecule has 6 nitrogen and oxygen atoms in total. The molecule has 1 fully saturated rings. The molecule has 8 heteroatoms. The van der Waals surface area contributed by atoms with Gasteiger partial charge < -0.3 is 14.2 Å². The molecule has 1 aliphatic rings. The zero-order chi connectivity index (χ0) is 15.4. The van der Waals surface area contributed by atoms with Crippen LogP contribution in [0.4, 0.5) is 10.1 Å². The molecule has 1 saturated carbocycles. The van der Waals surface area contributed by atoms with Crippen molar-refractivity contribution in [1.29, 1.82) is 0 Å². The maximum atomic E-state index is 13.7. The largest absolute Gasteiger partial charge is 0.479 e. The summed E-state index contributed by atoms with van der Waals surface area (Å²) in [7, 11) is 1.54. The van der Waals surface area contributed by atoms with Crippen molar-refractivity contribution in [3.05, 3.63) is 34.1 Å². The first-order valence-corrected chi connectivity index (χ1v) is 6.82. The number of alkyl halides is 1. The van der Waals surface area contributed by atoms with Crippen LogP contribution in [0.1, 0.15) is 6.42 Å². The zero-order valence-electron chi connectivity index (χ0n) is 11.3. The van der Waals surface area contributed by atoms with E-state index >= 15 is 0 Å². The van der Waals surface area contributed by atoms with E-state index in [0.29, 0.717) is 19.6 Å². The van der Waals surface area contributed by atoms with Gasteiger partial charge in [0.15, 0.2) is 5.82 Å². The highest BCUT2D eigenvalue weighted by molar-refractivity contribution is 6.21. The molecule has 0 bridgehead atoms. The second kappa shape index (κ2) is 7.02. The molecule has 1 aromatic carbocycles. The van der Waals surface area contributed by atoms with E-state index in [9.17, 15) is 14.5 Å². The Morgan fingerprint density at radius 2 is 2.24 bits per heavy atom. The Morgan fingerprint density at radius 1 is 1.48 bits per heavy atom. The van der Waals surface area contributed by atoms with Crippen LogP contribution < -0.4 is 4.74 Å². The lowest BCUT2D eigenvalue weighted by Gasteiger charge is -2.40. The lowest BCUT2D eigenvalue weighted by Crippen LogP contribution is -2.53. The molecule has 0 amide bonds. The fourth-order valence-electron chi connectivity index (χ4n) is 2.03. The molecular formula is C13H15ClFNO5. The summed E-state index contributed by atoms with van der Waals surface area (Å²) in [5.74, 6) is -1.16. The molecule has 1 aliphatic carbocycles. The standard InChI is InChI=1S/C13H15ClFNO5/c1-19-5-6-20-12-8(14)7-11(12)21-13-9(15)3-2-4-10(13)16(17)18/h2-4,8,11-12H,5-7H2,1H3. The molecule has 116 valence electrons. The van der Waals surface area contributed by atoms with E-state index in [1.807, 2.05) is 0 Å². The number of nitrogens with zero attached hydrogens (tertiary/aromatic N) is 1. The van der Waals surface area contributed by atoms with Crippen molar-refractivity contribution < 1.29 is 23.5 Å². The van der Waals surface area contributed by atoms with E-state index in [1.165, 1.54) is 12.1 Å². The molecule has 3 unspecified atom stereocenters. The van der Waals surface area contributed by atoms with Crippen LogP contribution in [-0.4, -0.2) is 42.8 Å². The number of nitro groups is 1. The van der Waals surface area contributed by atoms with Crippen LogP contribution in [0.2, 0.25) is 0 Å². The maximum Gasteiger partial charge on any atom is 0.314 e. The molecule has 0 saturated heterocycles. The van der Waals surface area contributed by atoms with Gasteiger partial charge in [-0.2, -0.15) is 0 Å². The average Bonchev–Trinajstić information content (AvgIpc) is 2.44. The SMILES string of the molecule is COCCOC1C(Cl)CC1Oc1c(F)cccc1[N+](=O)[O-]. The van der Waals surface area contributed by atoms with Crippen LogP contribution in [0.3, 0.4) is 0 Å². The van der Waals surface area contributed by atoms with E-state index in [4.69, 9.17) is 25.8 Å². The van der Waals surface area contributed by atoms with Crippen molar-refractivity contribution in [1.82, 2.24) is 0 Å². The normalized spacial score (nSPS) is 24.4. The van der Waals surface area contributed by atoms with Gasteiger partial charge in [-0.05, 0) is 6.07 Å². The van der Waals surface area contributed by atoms with Crippen molar-refractivity contribution in [2.24, 2.45) is 0 Å². The first-order chi connectivity index (χ1) is 10.0. The van der Waals surface area contributed by atoms with E-state index < -0.39 is 28.6 Å². The summed E-state index contributed by atoms with van der Waals surface area (Å²) in [4.78, 5) is 10.2. The van der Waals surface area contributed by atoms with Gasteiger partial charge in [0.25, 0.3) is 0 Å². The molecule has 0 aromatic heterocycles. The Bertz CT molecular complexity index is 515. The van der Waals surface area contributed by atoms with Gasteiger partial charge in [-0.1, -0.05) is 6.07 Å². The highest BCUT2D eigenvalue weighted by Crippen LogP contribution is 2.37. The van der Waals surface area contributed by atoms with Gasteiger partial charge in [0.2, 0.25) is 5.75 Å². The molecule has 0 heterocycles. The van der Waals surface area contributed by atoms with E-state index in [2.05, 4.69) is 0 Å². The molecule has 0 aliphatic heterocycles. The molecule has 1 aromatic rings. The first-order valence-electron chi connectivity index (χ1n) is 6.38. The van der Waals surface area contributed by atoms with Crippen LogP contribution in [-0.2, 0) is 9.47 Å². The predicted molar refractivity (Wildman–Crippen MR) is 73.3 cm³/mol. The Morgan fingerprint density at radius 3 is 2.86 bits per heavy atom. The highest BCUT2D eigenvalue weighted by atomic mass is 35.5. The quantitative estimate of drug-likeness (QED) is 0.334. The van der Waals surface area contributed by atoms with E-state index in [0.717, 1.165) is 6.07 Å². The second-order valence-electron chi connectivity index (χ2n) is 4.58. The number of benzene rings is 1. The van der Waals surface area contributed by atoms with Crippen molar-refractivity contribution in [2.75, 3.05) is 20.3 Å².